The molecular formula is C11H25N3S. The summed E-state index contributed by atoms with van der Waals surface area (Å²) in [7, 11) is 3.86. The maximum atomic E-state index is 5.09. The van der Waals surface area contributed by atoms with Gasteiger partial charge in [-0.25, -0.2) is 5.01 Å². The summed E-state index contributed by atoms with van der Waals surface area (Å²) in [5.41, 5.74) is 3.01. The van der Waals surface area contributed by atoms with Crippen LogP contribution in [0, 0.1) is 0 Å². The molecule has 0 spiro atoms. The summed E-state index contributed by atoms with van der Waals surface area (Å²) in [6.45, 7) is 3.22. The highest BCUT2D eigenvalue weighted by Crippen LogP contribution is 2.03. The zero-order chi connectivity index (χ0) is 11.5. The van der Waals surface area contributed by atoms with Crippen LogP contribution in [0.25, 0.3) is 0 Å². The van der Waals surface area contributed by atoms with Gasteiger partial charge in [-0.15, -0.1) is 0 Å². The van der Waals surface area contributed by atoms with Crippen LogP contribution >= 0.6 is 12.2 Å². The van der Waals surface area contributed by atoms with Gasteiger partial charge in [0.1, 0.15) is 0 Å². The molecule has 0 unspecified atom stereocenters. The molecule has 0 saturated heterocycles. The lowest BCUT2D eigenvalue weighted by molar-refractivity contribution is 0.359. The van der Waals surface area contributed by atoms with Crippen LogP contribution in [0.2, 0.25) is 0 Å². The van der Waals surface area contributed by atoms with E-state index in [4.69, 9.17) is 12.2 Å². The fraction of sp³-hybridized carbons (Fsp3) is 0.909. The zero-order valence-corrected chi connectivity index (χ0v) is 11.1. The van der Waals surface area contributed by atoms with E-state index in [-0.39, 0.29) is 0 Å². The lowest BCUT2D eigenvalue weighted by Gasteiger charge is -2.15. The van der Waals surface area contributed by atoms with Crippen LogP contribution in [0.4, 0.5) is 0 Å². The molecule has 0 aromatic rings. The van der Waals surface area contributed by atoms with E-state index in [1.807, 2.05) is 19.1 Å². The molecule has 0 bridgehead atoms. The highest BCUT2D eigenvalue weighted by Gasteiger charge is 1.95. The van der Waals surface area contributed by atoms with E-state index < -0.39 is 0 Å². The number of unbranched alkanes of at least 4 members (excludes halogenated alkanes) is 5. The van der Waals surface area contributed by atoms with Gasteiger partial charge in [-0.3, -0.25) is 5.43 Å². The molecule has 0 fully saturated rings. The quantitative estimate of drug-likeness (QED) is 0.381. The summed E-state index contributed by atoms with van der Waals surface area (Å²) in [6.07, 6.45) is 7.92. The predicted octanol–water partition coefficient (Wildman–Crippen LogP) is 2.29. The fourth-order valence-electron chi connectivity index (χ4n) is 1.35. The van der Waals surface area contributed by atoms with E-state index in [2.05, 4.69) is 17.7 Å². The Morgan fingerprint density at radius 1 is 1.07 bits per heavy atom. The molecule has 0 aliphatic carbocycles. The minimum atomic E-state index is 0.716. The smallest absolute Gasteiger partial charge is 0.180 e. The number of hydrogen-bond donors (Lipinski definition) is 2. The second-order valence-electron chi connectivity index (χ2n) is 4.03. The van der Waals surface area contributed by atoms with Crippen LogP contribution in [-0.2, 0) is 0 Å². The summed E-state index contributed by atoms with van der Waals surface area (Å²) in [6, 6.07) is 0. The number of hydrazine groups is 1. The SMILES string of the molecule is CCCCCCCCNC(=S)NN(C)C. The molecule has 0 saturated carbocycles. The van der Waals surface area contributed by atoms with E-state index in [1.54, 1.807) is 0 Å². The van der Waals surface area contributed by atoms with Crippen molar-refractivity contribution in [1.82, 2.24) is 15.8 Å². The Balaban J connectivity index is 3.13. The molecule has 0 rings (SSSR count). The maximum absolute atomic E-state index is 5.09. The van der Waals surface area contributed by atoms with Crippen molar-refractivity contribution in [2.45, 2.75) is 45.4 Å². The highest BCUT2D eigenvalue weighted by atomic mass is 32.1. The Kier molecular flexibility index (Phi) is 9.94. The molecule has 0 heterocycles. The maximum Gasteiger partial charge on any atom is 0.180 e. The van der Waals surface area contributed by atoms with Crippen molar-refractivity contribution in [3.63, 3.8) is 0 Å². The average molecular weight is 231 g/mol. The van der Waals surface area contributed by atoms with E-state index in [0.717, 1.165) is 6.54 Å². The molecule has 0 aromatic heterocycles. The van der Waals surface area contributed by atoms with Gasteiger partial charge >= 0.3 is 0 Å². The van der Waals surface area contributed by atoms with E-state index in [0.29, 0.717) is 5.11 Å². The third-order valence-corrected chi connectivity index (χ3v) is 2.38. The molecule has 15 heavy (non-hydrogen) atoms. The largest absolute Gasteiger partial charge is 0.362 e. The van der Waals surface area contributed by atoms with Crippen molar-refractivity contribution in [1.29, 1.82) is 0 Å². The van der Waals surface area contributed by atoms with Gasteiger partial charge in [0.2, 0.25) is 0 Å². The Hall–Kier alpha value is -0.350. The number of hydrogen-bond acceptors (Lipinski definition) is 2. The lowest BCUT2D eigenvalue weighted by atomic mass is 10.1. The van der Waals surface area contributed by atoms with E-state index in [1.165, 1.54) is 38.5 Å². The van der Waals surface area contributed by atoms with Crippen LogP contribution in [0.5, 0.6) is 0 Å². The fourth-order valence-corrected chi connectivity index (χ4v) is 1.63. The second-order valence-corrected chi connectivity index (χ2v) is 4.44. The summed E-state index contributed by atoms with van der Waals surface area (Å²) < 4.78 is 0. The summed E-state index contributed by atoms with van der Waals surface area (Å²) in [5.74, 6) is 0. The van der Waals surface area contributed by atoms with Gasteiger partial charge in [0.15, 0.2) is 5.11 Å². The normalized spacial score (nSPS) is 10.4. The molecule has 0 aromatic carbocycles. The molecule has 3 nitrogen and oxygen atoms in total. The first kappa shape index (κ1) is 14.6. The number of rotatable bonds is 8. The van der Waals surface area contributed by atoms with Crippen molar-refractivity contribution in [3.05, 3.63) is 0 Å². The topological polar surface area (TPSA) is 27.3 Å². The van der Waals surface area contributed by atoms with Crippen molar-refractivity contribution in [3.8, 4) is 0 Å². The molecule has 4 heteroatoms. The first-order valence-electron chi connectivity index (χ1n) is 5.88. The van der Waals surface area contributed by atoms with Crippen LogP contribution in [0.3, 0.4) is 0 Å². The monoisotopic (exact) mass is 231 g/mol. The van der Waals surface area contributed by atoms with Crippen molar-refractivity contribution < 1.29 is 0 Å². The molecule has 2 N–H and O–H groups in total. The first-order valence-corrected chi connectivity index (χ1v) is 6.29. The third-order valence-electron chi connectivity index (χ3n) is 2.14. The van der Waals surface area contributed by atoms with Gasteiger partial charge in [-0.1, -0.05) is 39.0 Å². The minimum absolute atomic E-state index is 0.716. The van der Waals surface area contributed by atoms with E-state index in [9.17, 15) is 0 Å². The first-order chi connectivity index (χ1) is 7.16. The standard InChI is InChI=1S/C11H25N3S/c1-4-5-6-7-8-9-10-12-11(15)13-14(2)3/h4-10H2,1-3H3,(H2,12,13,15). The predicted molar refractivity (Wildman–Crippen MR) is 70.8 cm³/mol. The van der Waals surface area contributed by atoms with Gasteiger partial charge < -0.3 is 5.32 Å². The second kappa shape index (κ2) is 10.2. The highest BCUT2D eigenvalue weighted by molar-refractivity contribution is 7.80. The molecule has 90 valence electrons. The minimum Gasteiger partial charge on any atom is -0.362 e. The number of nitrogens with zero attached hydrogens (tertiary/aromatic N) is 1. The third kappa shape index (κ3) is 11.6. The Labute approximate surface area is 99.6 Å². The molecule has 0 atom stereocenters. The summed E-state index contributed by atoms with van der Waals surface area (Å²) >= 11 is 5.09. The van der Waals surface area contributed by atoms with Gasteiger partial charge in [0, 0.05) is 20.6 Å². The molecular weight excluding hydrogens is 206 g/mol. The Morgan fingerprint density at radius 2 is 1.67 bits per heavy atom. The summed E-state index contributed by atoms with van der Waals surface area (Å²) in [5, 5.41) is 5.74. The lowest BCUT2D eigenvalue weighted by Crippen LogP contribution is -2.43. The van der Waals surface area contributed by atoms with Crippen molar-refractivity contribution >= 4 is 17.3 Å². The van der Waals surface area contributed by atoms with Gasteiger partial charge in [0.05, 0.1) is 0 Å². The molecule has 0 aliphatic heterocycles. The van der Waals surface area contributed by atoms with Crippen LogP contribution < -0.4 is 10.7 Å². The van der Waals surface area contributed by atoms with Crippen LogP contribution in [-0.4, -0.2) is 30.8 Å². The average Bonchev–Trinajstić information content (AvgIpc) is 2.15. The van der Waals surface area contributed by atoms with Gasteiger partial charge in [-0.2, -0.15) is 0 Å². The number of thiocarbonyl (C=S) groups is 1. The van der Waals surface area contributed by atoms with Crippen molar-refractivity contribution in [2.24, 2.45) is 0 Å². The molecule has 0 amide bonds. The molecule has 0 aliphatic rings. The van der Waals surface area contributed by atoms with Crippen LogP contribution in [0.1, 0.15) is 45.4 Å². The Morgan fingerprint density at radius 3 is 2.27 bits per heavy atom. The zero-order valence-electron chi connectivity index (χ0n) is 10.3. The summed E-state index contributed by atoms with van der Waals surface area (Å²) in [4.78, 5) is 0. The molecule has 0 radical (unpaired) electrons. The van der Waals surface area contributed by atoms with Crippen LogP contribution in [0.15, 0.2) is 0 Å². The Bertz CT molecular complexity index is 160. The van der Waals surface area contributed by atoms with Gasteiger partial charge in [0.25, 0.3) is 0 Å². The van der Waals surface area contributed by atoms with E-state index >= 15 is 0 Å². The van der Waals surface area contributed by atoms with Crippen molar-refractivity contribution in [2.75, 3.05) is 20.6 Å². The number of nitrogens with one attached hydrogen (secondary N) is 2. The van der Waals surface area contributed by atoms with Gasteiger partial charge in [-0.05, 0) is 18.6 Å².